The van der Waals surface area contributed by atoms with Crippen LogP contribution in [-0.2, 0) is 5.41 Å². The molecule has 0 amide bonds. The van der Waals surface area contributed by atoms with E-state index < -0.39 is 0 Å². The number of H-pyrrole nitrogens is 1. The molecular weight excluding hydrogens is 657 g/mol. The van der Waals surface area contributed by atoms with Crippen molar-refractivity contribution in [2.24, 2.45) is 0 Å². The Labute approximate surface area is 313 Å². The number of benzene rings is 8. The monoisotopic (exact) mass is 692 g/mol. The van der Waals surface area contributed by atoms with E-state index in [4.69, 9.17) is 4.42 Å². The number of para-hydroxylation sites is 2. The lowest BCUT2D eigenvalue weighted by atomic mass is 9.82. The molecule has 1 aliphatic rings. The van der Waals surface area contributed by atoms with Crippen LogP contribution in [0.15, 0.2) is 180 Å². The Balaban J connectivity index is 1.09. The molecule has 11 rings (SSSR count). The third-order valence-electron chi connectivity index (χ3n) is 11.6. The van der Waals surface area contributed by atoms with Crippen molar-refractivity contribution in [3.8, 4) is 33.4 Å². The highest BCUT2D eigenvalue weighted by Gasteiger charge is 2.35. The van der Waals surface area contributed by atoms with Gasteiger partial charge in [0.2, 0.25) is 0 Å². The summed E-state index contributed by atoms with van der Waals surface area (Å²) in [6.45, 7) is 4.70. The van der Waals surface area contributed by atoms with E-state index in [2.05, 4.69) is 188 Å². The predicted octanol–water partition coefficient (Wildman–Crippen LogP) is 14.3. The maximum absolute atomic E-state index is 6.29. The van der Waals surface area contributed by atoms with Crippen LogP contribution in [0.5, 0.6) is 0 Å². The van der Waals surface area contributed by atoms with Gasteiger partial charge < -0.3 is 14.3 Å². The topological polar surface area (TPSA) is 32.2 Å². The number of aromatic nitrogens is 1. The number of anilines is 3. The molecule has 2 aromatic heterocycles. The lowest BCUT2D eigenvalue weighted by molar-refractivity contribution is 0.660. The Morgan fingerprint density at radius 1 is 0.444 bits per heavy atom. The highest BCUT2D eigenvalue weighted by Crippen LogP contribution is 2.51. The molecule has 3 heteroatoms. The fourth-order valence-electron chi connectivity index (χ4n) is 8.98. The second-order valence-electron chi connectivity index (χ2n) is 15.0. The molecule has 54 heavy (non-hydrogen) atoms. The first-order valence-electron chi connectivity index (χ1n) is 18.7. The van der Waals surface area contributed by atoms with Gasteiger partial charge in [0.15, 0.2) is 0 Å². The third kappa shape index (κ3) is 4.55. The minimum atomic E-state index is -0.106. The summed E-state index contributed by atoms with van der Waals surface area (Å²) in [4.78, 5) is 6.24. The van der Waals surface area contributed by atoms with Crippen molar-refractivity contribution in [3.63, 3.8) is 0 Å². The summed E-state index contributed by atoms with van der Waals surface area (Å²) in [6.07, 6.45) is 0. The van der Waals surface area contributed by atoms with E-state index in [-0.39, 0.29) is 5.41 Å². The number of rotatable bonds is 5. The van der Waals surface area contributed by atoms with Crippen molar-refractivity contribution in [1.82, 2.24) is 4.98 Å². The minimum absolute atomic E-state index is 0.106. The minimum Gasteiger partial charge on any atom is -0.456 e. The van der Waals surface area contributed by atoms with Gasteiger partial charge in [-0.1, -0.05) is 135 Å². The molecule has 0 radical (unpaired) electrons. The van der Waals surface area contributed by atoms with Crippen molar-refractivity contribution in [2.45, 2.75) is 19.3 Å². The van der Waals surface area contributed by atoms with Gasteiger partial charge in [0.1, 0.15) is 11.2 Å². The van der Waals surface area contributed by atoms with Gasteiger partial charge in [-0.25, -0.2) is 0 Å². The molecule has 1 N–H and O–H groups in total. The van der Waals surface area contributed by atoms with Crippen LogP contribution in [0, 0.1) is 0 Å². The van der Waals surface area contributed by atoms with E-state index in [0.717, 1.165) is 61.2 Å². The molecular formula is C51H36N2O. The fourth-order valence-corrected chi connectivity index (χ4v) is 8.98. The first-order valence-corrected chi connectivity index (χ1v) is 18.7. The number of furan rings is 1. The highest BCUT2D eigenvalue weighted by molar-refractivity contribution is 6.18. The molecule has 0 saturated heterocycles. The zero-order valence-corrected chi connectivity index (χ0v) is 30.1. The molecule has 0 bridgehead atoms. The Morgan fingerprint density at radius 2 is 1.07 bits per heavy atom. The average molecular weight is 693 g/mol. The van der Waals surface area contributed by atoms with Crippen LogP contribution in [0.25, 0.3) is 77.1 Å². The maximum atomic E-state index is 6.29. The fraction of sp³-hybridized carbons (Fsp3) is 0.0588. The molecule has 0 atom stereocenters. The Bertz CT molecular complexity index is 3070. The van der Waals surface area contributed by atoms with Crippen LogP contribution >= 0.6 is 0 Å². The van der Waals surface area contributed by atoms with E-state index >= 15 is 0 Å². The largest absolute Gasteiger partial charge is 0.456 e. The summed E-state index contributed by atoms with van der Waals surface area (Å²) in [5.41, 5.74) is 17.4. The highest BCUT2D eigenvalue weighted by atomic mass is 16.3. The molecule has 2 heterocycles. The maximum Gasteiger partial charge on any atom is 0.136 e. The number of fused-ring (bicyclic) bond motifs is 9. The summed E-state index contributed by atoms with van der Waals surface area (Å²) in [5.74, 6) is 0. The van der Waals surface area contributed by atoms with Gasteiger partial charge in [-0.3, -0.25) is 0 Å². The summed E-state index contributed by atoms with van der Waals surface area (Å²) >= 11 is 0. The van der Waals surface area contributed by atoms with Crippen LogP contribution < -0.4 is 4.90 Å². The van der Waals surface area contributed by atoms with Crippen molar-refractivity contribution < 1.29 is 4.42 Å². The molecule has 3 nitrogen and oxygen atoms in total. The lowest BCUT2D eigenvalue weighted by Crippen LogP contribution is -2.16. The van der Waals surface area contributed by atoms with Crippen LogP contribution in [0.1, 0.15) is 25.0 Å². The number of nitrogens with one attached hydrogen (secondary N) is 1. The van der Waals surface area contributed by atoms with Crippen molar-refractivity contribution in [1.29, 1.82) is 0 Å². The van der Waals surface area contributed by atoms with Crippen molar-refractivity contribution in [2.75, 3.05) is 4.90 Å². The molecule has 0 aliphatic heterocycles. The molecule has 10 aromatic rings. The molecule has 0 unspecified atom stereocenters. The smallest absolute Gasteiger partial charge is 0.136 e. The molecule has 0 spiro atoms. The van der Waals surface area contributed by atoms with E-state index in [1.165, 1.54) is 44.2 Å². The van der Waals surface area contributed by atoms with Gasteiger partial charge in [0.25, 0.3) is 0 Å². The SMILES string of the molecule is CC1(C)c2ccccc2-c2ccc(N(c3ccc(-c4ccccc4)cc3)c3ccc4[nH]c5c(-c6cccc7oc8ccccc8c67)cccc5c4c3)cc21. The lowest BCUT2D eigenvalue weighted by Gasteiger charge is -2.28. The molecule has 0 saturated carbocycles. The summed E-state index contributed by atoms with van der Waals surface area (Å²) in [7, 11) is 0. The van der Waals surface area contributed by atoms with Gasteiger partial charge in [-0.15, -0.1) is 0 Å². The third-order valence-corrected chi connectivity index (χ3v) is 11.6. The summed E-state index contributed by atoms with van der Waals surface area (Å²) in [6, 6.07) is 63.6. The summed E-state index contributed by atoms with van der Waals surface area (Å²) < 4.78 is 6.29. The van der Waals surface area contributed by atoms with Crippen molar-refractivity contribution in [3.05, 3.63) is 187 Å². The summed E-state index contributed by atoms with van der Waals surface area (Å²) in [5, 5.41) is 4.66. The van der Waals surface area contributed by atoms with Gasteiger partial charge in [0.05, 0.1) is 5.52 Å². The van der Waals surface area contributed by atoms with E-state index in [1.54, 1.807) is 0 Å². The van der Waals surface area contributed by atoms with Crippen LogP contribution in [0.4, 0.5) is 17.1 Å². The van der Waals surface area contributed by atoms with Crippen LogP contribution in [0.3, 0.4) is 0 Å². The normalized spacial score (nSPS) is 13.1. The number of nitrogens with zero attached hydrogens (tertiary/aromatic N) is 1. The van der Waals surface area contributed by atoms with Crippen molar-refractivity contribution >= 4 is 60.8 Å². The van der Waals surface area contributed by atoms with E-state index in [9.17, 15) is 0 Å². The van der Waals surface area contributed by atoms with Gasteiger partial charge >= 0.3 is 0 Å². The van der Waals surface area contributed by atoms with Gasteiger partial charge in [-0.05, 0) is 93.5 Å². The number of aromatic amines is 1. The van der Waals surface area contributed by atoms with E-state index in [0.29, 0.717) is 0 Å². The molecule has 256 valence electrons. The first-order chi connectivity index (χ1) is 26.5. The zero-order chi connectivity index (χ0) is 36.0. The second kappa shape index (κ2) is 11.6. The second-order valence-corrected chi connectivity index (χ2v) is 15.0. The molecule has 1 aliphatic carbocycles. The first kappa shape index (κ1) is 30.8. The van der Waals surface area contributed by atoms with Crippen LogP contribution in [-0.4, -0.2) is 4.98 Å². The molecule has 0 fully saturated rings. The number of hydrogen-bond donors (Lipinski definition) is 1. The quantitative estimate of drug-likeness (QED) is 0.195. The number of hydrogen-bond acceptors (Lipinski definition) is 2. The average Bonchev–Trinajstić information content (AvgIpc) is 3.86. The Hall–Kier alpha value is -6.84. The molecule has 8 aromatic carbocycles. The standard InChI is InChI=1S/C51H36N2O/c1-51(2)44-19-8-6-14-37(44)38-28-26-36(31-45(38)51)53(34-24-22-33(23-25-34)32-12-4-3-5-13-32)35-27-29-46-43(30-35)41-18-10-17-40(50(41)52-46)39-16-11-21-48-49(39)42-15-7-9-20-47(42)54-48/h3-31,52H,1-2H3. The predicted molar refractivity (Wildman–Crippen MR) is 226 cm³/mol. The Kier molecular flexibility index (Phi) is 6.60. The van der Waals surface area contributed by atoms with E-state index in [1.807, 2.05) is 12.1 Å². The van der Waals surface area contributed by atoms with Gasteiger partial charge in [0, 0.05) is 55.1 Å². The Morgan fingerprint density at radius 3 is 1.96 bits per heavy atom. The zero-order valence-electron chi connectivity index (χ0n) is 30.1. The van der Waals surface area contributed by atoms with Crippen LogP contribution in [0.2, 0.25) is 0 Å². The van der Waals surface area contributed by atoms with Gasteiger partial charge in [-0.2, -0.15) is 0 Å².